The minimum absolute atomic E-state index is 0.00579. The highest BCUT2D eigenvalue weighted by molar-refractivity contribution is 7.03. The van der Waals surface area contributed by atoms with Crippen LogP contribution in [0.2, 0.25) is 0 Å². The summed E-state index contributed by atoms with van der Waals surface area (Å²) in [5.74, 6) is 1.60. The standard InChI is InChI=1S/C16H20N4O2S/c1-11-13(10-23-18-11)16(21)20-8-6-12(9-20)22-14-5-4-7-17-15(14)19(2)3/h4-5,7,10,12H,6,8-9H2,1-3H3/t12-/m0/s1. The molecule has 0 radical (unpaired) electrons. The molecule has 1 fully saturated rings. The van der Waals surface area contributed by atoms with E-state index >= 15 is 0 Å². The molecule has 0 spiro atoms. The lowest BCUT2D eigenvalue weighted by Crippen LogP contribution is -2.31. The first kappa shape index (κ1) is 15.7. The van der Waals surface area contributed by atoms with Crippen LogP contribution in [0.3, 0.4) is 0 Å². The van der Waals surface area contributed by atoms with E-state index in [-0.39, 0.29) is 12.0 Å². The summed E-state index contributed by atoms with van der Waals surface area (Å²) in [6.07, 6.45) is 2.57. The molecule has 7 heteroatoms. The van der Waals surface area contributed by atoms with Gasteiger partial charge in [0.25, 0.3) is 5.91 Å². The van der Waals surface area contributed by atoms with Gasteiger partial charge in [0.1, 0.15) is 6.10 Å². The van der Waals surface area contributed by atoms with Crippen molar-refractivity contribution in [2.24, 2.45) is 0 Å². The summed E-state index contributed by atoms with van der Waals surface area (Å²) in [6.45, 7) is 3.17. The van der Waals surface area contributed by atoms with Gasteiger partial charge >= 0.3 is 0 Å². The Hall–Kier alpha value is -2.15. The fraction of sp³-hybridized carbons (Fsp3) is 0.438. The number of hydrogen-bond acceptors (Lipinski definition) is 6. The van der Waals surface area contributed by atoms with Crippen molar-refractivity contribution in [3.05, 3.63) is 35.0 Å². The molecular weight excluding hydrogens is 312 g/mol. The Morgan fingerprint density at radius 1 is 1.48 bits per heavy atom. The monoisotopic (exact) mass is 332 g/mol. The number of amides is 1. The summed E-state index contributed by atoms with van der Waals surface area (Å²) >= 11 is 1.32. The molecule has 0 aliphatic carbocycles. The first-order valence-corrected chi connectivity index (χ1v) is 8.39. The fourth-order valence-corrected chi connectivity index (χ4v) is 3.35. The topological polar surface area (TPSA) is 58.6 Å². The normalized spacial score (nSPS) is 17.3. The van der Waals surface area contributed by atoms with Crippen LogP contribution in [-0.4, -0.2) is 53.5 Å². The van der Waals surface area contributed by atoms with Crippen LogP contribution in [0.25, 0.3) is 0 Å². The lowest BCUT2D eigenvalue weighted by Gasteiger charge is -2.20. The Balaban J connectivity index is 1.67. The van der Waals surface area contributed by atoms with E-state index in [1.54, 1.807) is 6.20 Å². The number of hydrogen-bond donors (Lipinski definition) is 0. The maximum Gasteiger partial charge on any atom is 0.256 e. The highest BCUT2D eigenvalue weighted by Gasteiger charge is 2.30. The summed E-state index contributed by atoms with van der Waals surface area (Å²) in [7, 11) is 3.87. The second kappa shape index (κ2) is 6.54. The van der Waals surface area contributed by atoms with Crippen LogP contribution in [0, 0.1) is 6.92 Å². The van der Waals surface area contributed by atoms with Crippen LogP contribution in [0.5, 0.6) is 5.75 Å². The van der Waals surface area contributed by atoms with E-state index < -0.39 is 0 Å². The van der Waals surface area contributed by atoms with E-state index in [1.807, 2.05) is 48.3 Å². The second-order valence-electron chi connectivity index (χ2n) is 5.81. The number of carbonyl (C=O) groups is 1. The third-order valence-electron chi connectivity index (χ3n) is 3.88. The smallest absolute Gasteiger partial charge is 0.256 e. The van der Waals surface area contributed by atoms with Gasteiger partial charge in [-0.2, -0.15) is 4.37 Å². The van der Waals surface area contributed by atoms with Gasteiger partial charge < -0.3 is 14.5 Å². The molecule has 2 aromatic rings. The van der Waals surface area contributed by atoms with Crippen molar-refractivity contribution in [1.29, 1.82) is 0 Å². The average molecular weight is 332 g/mol. The van der Waals surface area contributed by atoms with E-state index in [1.165, 1.54) is 11.5 Å². The number of carbonyl (C=O) groups excluding carboxylic acids is 1. The van der Waals surface area contributed by atoms with Gasteiger partial charge in [-0.1, -0.05) is 0 Å². The van der Waals surface area contributed by atoms with Crippen LogP contribution in [0.1, 0.15) is 22.5 Å². The van der Waals surface area contributed by atoms with Gasteiger partial charge in [-0.25, -0.2) is 4.98 Å². The minimum Gasteiger partial charge on any atom is -0.485 e. The summed E-state index contributed by atoms with van der Waals surface area (Å²) in [5, 5.41) is 1.82. The molecule has 1 amide bonds. The number of ether oxygens (including phenoxy) is 1. The first-order chi connectivity index (χ1) is 11.1. The molecule has 2 aromatic heterocycles. The Morgan fingerprint density at radius 2 is 2.30 bits per heavy atom. The number of pyridine rings is 1. The molecule has 3 rings (SSSR count). The molecule has 122 valence electrons. The van der Waals surface area contributed by atoms with Crippen LogP contribution in [0.4, 0.5) is 5.82 Å². The van der Waals surface area contributed by atoms with Gasteiger partial charge in [-0.3, -0.25) is 4.79 Å². The second-order valence-corrected chi connectivity index (χ2v) is 6.44. The zero-order valence-electron chi connectivity index (χ0n) is 13.5. The van der Waals surface area contributed by atoms with Crippen molar-refractivity contribution in [2.75, 3.05) is 32.1 Å². The van der Waals surface area contributed by atoms with Crippen molar-refractivity contribution in [3.63, 3.8) is 0 Å². The van der Waals surface area contributed by atoms with Crippen molar-refractivity contribution in [2.45, 2.75) is 19.4 Å². The molecule has 0 saturated carbocycles. The average Bonchev–Trinajstić information content (AvgIpc) is 3.16. The van der Waals surface area contributed by atoms with Crippen LogP contribution in [0.15, 0.2) is 23.7 Å². The largest absolute Gasteiger partial charge is 0.485 e. The molecule has 0 aromatic carbocycles. The number of anilines is 1. The fourth-order valence-electron chi connectivity index (χ4n) is 2.67. The molecule has 3 heterocycles. The number of rotatable bonds is 4. The van der Waals surface area contributed by atoms with Gasteiger partial charge in [0, 0.05) is 38.6 Å². The van der Waals surface area contributed by atoms with Gasteiger partial charge in [-0.05, 0) is 30.6 Å². The van der Waals surface area contributed by atoms with Crippen molar-refractivity contribution in [1.82, 2.24) is 14.3 Å². The SMILES string of the molecule is Cc1nscc1C(=O)N1CC[C@H](Oc2cccnc2N(C)C)C1. The van der Waals surface area contributed by atoms with Crippen molar-refractivity contribution >= 4 is 23.3 Å². The minimum atomic E-state index is -0.00579. The highest BCUT2D eigenvalue weighted by Crippen LogP contribution is 2.27. The summed E-state index contributed by atoms with van der Waals surface area (Å²) < 4.78 is 10.3. The van der Waals surface area contributed by atoms with E-state index in [4.69, 9.17) is 4.74 Å². The lowest BCUT2D eigenvalue weighted by atomic mass is 10.2. The maximum atomic E-state index is 12.5. The van der Waals surface area contributed by atoms with Gasteiger partial charge in [-0.15, -0.1) is 0 Å². The maximum absolute atomic E-state index is 12.5. The summed E-state index contributed by atoms with van der Waals surface area (Å²) in [4.78, 5) is 20.6. The lowest BCUT2D eigenvalue weighted by molar-refractivity contribution is 0.0772. The van der Waals surface area contributed by atoms with Gasteiger partial charge in [0.2, 0.25) is 0 Å². The van der Waals surface area contributed by atoms with E-state index in [0.717, 1.165) is 23.7 Å². The third kappa shape index (κ3) is 3.29. The quantitative estimate of drug-likeness (QED) is 0.859. The molecular formula is C16H20N4O2S. The molecule has 1 saturated heterocycles. The third-order valence-corrected chi connectivity index (χ3v) is 4.60. The first-order valence-electron chi connectivity index (χ1n) is 7.55. The Bertz CT molecular complexity index is 701. The Kier molecular flexibility index (Phi) is 4.47. The van der Waals surface area contributed by atoms with Crippen LogP contribution in [-0.2, 0) is 0 Å². The molecule has 0 bridgehead atoms. The molecule has 0 unspecified atom stereocenters. The number of aromatic nitrogens is 2. The van der Waals surface area contributed by atoms with Crippen molar-refractivity contribution in [3.8, 4) is 5.75 Å². The zero-order chi connectivity index (χ0) is 16.4. The van der Waals surface area contributed by atoms with E-state index in [0.29, 0.717) is 18.7 Å². The van der Waals surface area contributed by atoms with E-state index in [2.05, 4.69) is 9.36 Å². The number of nitrogens with zero attached hydrogens (tertiary/aromatic N) is 4. The van der Waals surface area contributed by atoms with Crippen LogP contribution < -0.4 is 9.64 Å². The highest BCUT2D eigenvalue weighted by atomic mass is 32.1. The molecule has 0 N–H and O–H groups in total. The Labute approximate surface area is 139 Å². The predicted octanol–water partition coefficient (Wildman–Crippen LogP) is 2.21. The summed E-state index contributed by atoms with van der Waals surface area (Å²) in [6, 6.07) is 3.78. The summed E-state index contributed by atoms with van der Waals surface area (Å²) in [5.41, 5.74) is 1.50. The van der Waals surface area contributed by atoms with Gasteiger partial charge in [0.15, 0.2) is 11.6 Å². The van der Waals surface area contributed by atoms with E-state index in [9.17, 15) is 4.79 Å². The molecule has 23 heavy (non-hydrogen) atoms. The van der Waals surface area contributed by atoms with Gasteiger partial charge in [0.05, 0.1) is 17.8 Å². The molecule has 1 atom stereocenters. The van der Waals surface area contributed by atoms with Crippen molar-refractivity contribution < 1.29 is 9.53 Å². The molecule has 1 aliphatic rings. The Morgan fingerprint density at radius 3 is 3.00 bits per heavy atom. The zero-order valence-corrected chi connectivity index (χ0v) is 14.3. The number of likely N-dealkylation sites (tertiary alicyclic amines) is 1. The molecule has 6 nitrogen and oxygen atoms in total. The number of aryl methyl sites for hydroxylation is 1. The predicted molar refractivity (Wildman–Crippen MR) is 90.4 cm³/mol. The van der Waals surface area contributed by atoms with Crippen LogP contribution >= 0.6 is 11.5 Å². The molecule has 1 aliphatic heterocycles.